The fourth-order valence-corrected chi connectivity index (χ4v) is 3.11. The second kappa shape index (κ2) is 7.06. The topological polar surface area (TPSA) is 69.6 Å². The lowest BCUT2D eigenvalue weighted by atomic mass is 10.1. The minimum absolute atomic E-state index is 0.166. The SMILES string of the molecule is CC(C)N(C)S(=O)(=O)NCC(O)c1ccc(Cl)cc1Cl. The van der Waals surface area contributed by atoms with E-state index in [2.05, 4.69) is 4.72 Å². The Kier molecular flexibility index (Phi) is 6.25. The van der Waals surface area contributed by atoms with Crippen LogP contribution in [-0.4, -0.2) is 37.5 Å². The molecule has 0 fully saturated rings. The summed E-state index contributed by atoms with van der Waals surface area (Å²) in [5, 5.41) is 10.7. The molecule has 0 bridgehead atoms. The first-order valence-electron chi connectivity index (χ1n) is 6.00. The molecule has 1 aromatic rings. The molecule has 1 unspecified atom stereocenters. The van der Waals surface area contributed by atoms with Crippen molar-refractivity contribution in [2.45, 2.75) is 26.0 Å². The zero-order valence-electron chi connectivity index (χ0n) is 11.5. The van der Waals surface area contributed by atoms with E-state index in [9.17, 15) is 13.5 Å². The maximum Gasteiger partial charge on any atom is 0.279 e. The second-order valence-corrected chi connectivity index (χ2v) is 7.30. The van der Waals surface area contributed by atoms with E-state index in [1.165, 1.54) is 17.4 Å². The third-order valence-corrected chi connectivity index (χ3v) is 5.16. The van der Waals surface area contributed by atoms with Crippen LogP contribution in [0.15, 0.2) is 18.2 Å². The van der Waals surface area contributed by atoms with Crippen molar-refractivity contribution >= 4 is 33.4 Å². The Morgan fingerprint density at radius 2 is 1.95 bits per heavy atom. The fourth-order valence-electron chi connectivity index (χ4n) is 1.45. The molecular formula is C12H18Cl2N2O3S. The van der Waals surface area contributed by atoms with Crippen molar-refractivity contribution in [1.29, 1.82) is 0 Å². The van der Waals surface area contributed by atoms with E-state index in [4.69, 9.17) is 23.2 Å². The molecule has 1 rings (SSSR count). The third-order valence-electron chi connectivity index (χ3n) is 2.89. The molecule has 0 amide bonds. The molecule has 0 aromatic heterocycles. The average Bonchev–Trinajstić information content (AvgIpc) is 2.35. The maximum atomic E-state index is 11.9. The van der Waals surface area contributed by atoms with Crippen LogP contribution < -0.4 is 4.72 Å². The Labute approximate surface area is 129 Å². The lowest BCUT2D eigenvalue weighted by Crippen LogP contribution is -2.43. The van der Waals surface area contributed by atoms with Gasteiger partial charge in [-0.2, -0.15) is 17.4 Å². The number of nitrogens with one attached hydrogen (secondary N) is 1. The van der Waals surface area contributed by atoms with Crippen molar-refractivity contribution in [3.05, 3.63) is 33.8 Å². The largest absolute Gasteiger partial charge is 0.387 e. The van der Waals surface area contributed by atoms with Gasteiger partial charge in [0.15, 0.2) is 0 Å². The third kappa shape index (κ3) is 4.58. The first-order valence-corrected chi connectivity index (χ1v) is 8.20. The first-order chi connectivity index (χ1) is 9.15. The summed E-state index contributed by atoms with van der Waals surface area (Å²) in [5.74, 6) is 0. The molecule has 0 aliphatic heterocycles. The summed E-state index contributed by atoms with van der Waals surface area (Å²) in [6.45, 7) is 3.35. The van der Waals surface area contributed by atoms with E-state index in [-0.39, 0.29) is 12.6 Å². The fraction of sp³-hybridized carbons (Fsp3) is 0.500. The number of halogens is 2. The van der Waals surface area contributed by atoms with Crippen LogP contribution in [-0.2, 0) is 10.2 Å². The number of hydrogen-bond donors (Lipinski definition) is 2. The summed E-state index contributed by atoms with van der Waals surface area (Å²) >= 11 is 11.7. The van der Waals surface area contributed by atoms with Gasteiger partial charge < -0.3 is 5.11 Å². The predicted octanol–water partition coefficient (Wildman–Crippen LogP) is 2.20. The van der Waals surface area contributed by atoms with Gasteiger partial charge in [-0.3, -0.25) is 0 Å². The van der Waals surface area contributed by atoms with Gasteiger partial charge in [-0.1, -0.05) is 29.3 Å². The van der Waals surface area contributed by atoms with Gasteiger partial charge in [0.1, 0.15) is 0 Å². The van der Waals surface area contributed by atoms with Gasteiger partial charge in [0, 0.05) is 35.2 Å². The van der Waals surface area contributed by atoms with Crippen molar-refractivity contribution in [3.8, 4) is 0 Å². The van der Waals surface area contributed by atoms with Crippen LogP contribution in [0.5, 0.6) is 0 Å². The molecule has 1 atom stereocenters. The second-order valence-electron chi connectivity index (χ2n) is 4.65. The highest BCUT2D eigenvalue weighted by molar-refractivity contribution is 7.87. The average molecular weight is 341 g/mol. The highest BCUT2D eigenvalue weighted by Crippen LogP contribution is 2.26. The molecule has 0 radical (unpaired) electrons. The smallest absolute Gasteiger partial charge is 0.279 e. The molecular weight excluding hydrogens is 323 g/mol. The molecule has 1 aromatic carbocycles. The van der Waals surface area contributed by atoms with E-state index < -0.39 is 16.3 Å². The molecule has 0 saturated carbocycles. The Morgan fingerprint density at radius 1 is 1.35 bits per heavy atom. The van der Waals surface area contributed by atoms with Crippen LogP contribution in [0.1, 0.15) is 25.5 Å². The molecule has 8 heteroatoms. The lowest BCUT2D eigenvalue weighted by Gasteiger charge is -2.22. The van der Waals surface area contributed by atoms with Crippen LogP contribution >= 0.6 is 23.2 Å². The Balaban J connectivity index is 2.75. The predicted molar refractivity (Wildman–Crippen MR) is 81.2 cm³/mol. The normalized spacial score (nSPS) is 14.0. The molecule has 20 heavy (non-hydrogen) atoms. The standard InChI is InChI=1S/C12H18Cl2N2O3S/c1-8(2)16(3)20(18,19)15-7-12(17)10-5-4-9(13)6-11(10)14/h4-6,8,12,15,17H,7H2,1-3H3. The summed E-state index contributed by atoms with van der Waals surface area (Å²) < 4.78 is 27.3. The summed E-state index contributed by atoms with van der Waals surface area (Å²) in [7, 11) is -2.16. The van der Waals surface area contributed by atoms with E-state index in [0.717, 1.165) is 0 Å². The van der Waals surface area contributed by atoms with Gasteiger partial charge in [-0.25, -0.2) is 0 Å². The van der Waals surface area contributed by atoms with Crippen LogP contribution in [0.4, 0.5) is 0 Å². The van der Waals surface area contributed by atoms with Crippen molar-refractivity contribution in [2.75, 3.05) is 13.6 Å². The summed E-state index contributed by atoms with van der Waals surface area (Å²) in [5.41, 5.74) is 0.422. The number of benzene rings is 1. The van der Waals surface area contributed by atoms with Gasteiger partial charge in [0.05, 0.1) is 6.10 Å². The number of aliphatic hydroxyl groups is 1. The van der Waals surface area contributed by atoms with Crippen LogP contribution in [0, 0.1) is 0 Å². The minimum atomic E-state index is -3.63. The Bertz CT molecular complexity index is 564. The van der Waals surface area contributed by atoms with Crippen molar-refractivity contribution in [1.82, 2.24) is 9.03 Å². The Hall–Kier alpha value is -0.370. The Morgan fingerprint density at radius 3 is 2.45 bits per heavy atom. The van der Waals surface area contributed by atoms with Crippen LogP contribution in [0.3, 0.4) is 0 Å². The molecule has 2 N–H and O–H groups in total. The van der Waals surface area contributed by atoms with Gasteiger partial charge >= 0.3 is 0 Å². The van der Waals surface area contributed by atoms with Gasteiger partial charge in [-0.15, -0.1) is 0 Å². The van der Waals surface area contributed by atoms with Gasteiger partial charge in [-0.05, 0) is 26.0 Å². The van der Waals surface area contributed by atoms with Crippen molar-refractivity contribution in [3.63, 3.8) is 0 Å². The molecule has 0 aliphatic carbocycles. The first kappa shape index (κ1) is 17.7. The zero-order chi connectivity index (χ0) is 15.5. The summed E-state index contributed by atoms with van der Waals surface area (Å²) in [6.07, 6.45) is -1.05. The molecule has 0 aliphatic rings. The van der Waals surface area contributed by atoms with Crippen LogP contribution in [0.25, 0.3) is 0 Å². The quantitative estimate of drug-likeness (QED) is 0.833. The number of rotatable bonds is 6. The molecule has 5 nitrogen and oxygen atoms in total. The zero-order valence-corrected chi connectivity index (χ0v) is 13.8. The van der Waals surface area contributed by atoms with E-state index in [1.807, 2.05) is 0 Å². The van der Waals surface area contributed by atoms with Crippen LogP contribution in [0.2, 0.25) is 10.0 Å². The van der Waals surface area contributed by atoms with E-state index in [0.29, 0.717) is 15.6 Å². The van der Waals surface area contributed by atoms with Crippen molar-refractivity contribution in [2.24, 2.45) is 0 Å². The van der Waals surface area contributed by atoms with Gasteiger partial charge in [0.25, 0.3) is 10.2 Å². The molecule has 0 saturated heterocycles. The minimum Gasteiger partial charge on any atom is -0.387 e. The highest BCUT2D eigenvalue weighted by Gasteiger charge is 2.22. The molecule has 114 valence electrons. The van der Waals surface area contributed by atoms with Gasteiger partial charge in [0.2, 0.25) is 0 Å². The van der Waals surface area contributed by atoms with Crippen molar-refractivity contribution < 1.29 is 13.5 Å². The van der Waals surface area contributed by atoms with E-state index >= 15 is 0 Å². The lowest BCUT2D eigenvalue weighted by molar-refractivity contribution is 0.181. The monoisotopic (exact) mass is 340 g/mol. The summed E-state index contributed by atoms with van der Waals surface area (Å²) in [6, 6.07) is 4.47. The number of aliphatic hydroxyl groups excluding tert-OH is 1. The summed E-state index contributed by atoms with van der Waals surface area (Å²) in [4.78, 5) is 0. The molecule has 0 heterocycles. The molecule has 0 spiro atoms. The van der Waals surface area contributed by atoms with E-state index in [1.54, 1.807) is 26.0 Å². The number of nitrogens with zero attached hydrogens (tertiary/aromatic N) is 1. The maximum absolute atomic E-state index is 11.9. The highest BCUT2D eigenvalue weighted by atomic mass is 35.5. The number of hydrogen-bond acceptors (Lipinski definition) is 3.